The average Bonchev–Trinajstić information content (AvgIpc) is 2.58. The highest BCUT2D eigenvalue weighted by Crippen LogP contribution is 2.09. The largest absolute Gasteiger partial charge is 0.358 e. The smallest absolute Gasteiger partial charge is 0.243 e. The van der Waals surface area contributed by atoms with E-state index in [2.05, 4.69) is 32.8 Å². The van der Waals surface area contributed by atoms with Gasteiger partial charge >= 0.3 is 0 Å². The molecule has 8 heteroatoms. The van der Waals surface area contributed by atoms with E-state index in [0.29, 0.717) is 18.5 Å². The number of likely N-dealkylation sites (tertiary alicyclic amines) is 1. The topological polar surface area (TPSA) is 89.1 Å². The number of nitrogens with zero attached hydrogens (tertiary/aromatic N) is 3. The van der Waals surface area contributed by atoms with E-state index in [1.165, 1.54) is 4.90 Å². The number of rotatable bonds is 7. The first-order valence-electron chi connectivity index (χ1n) is 8.64. The van der Waals surface area contributed by atoms with Crippen molar-refractivity contribution in [3.63, 3.8) is 0 Å². The molecule has 0 saturated carbocycles. The predicted molar refractivity (Wildman–Crippen MR) is 96.0 cm³/mol. The van der Waals surface area contributed by atoms with Crippen molar-refractivity contribution in [3.05, 3.63) is 0 Å². The van der Waals surface area contributed by atoms with Gasteiger partial charge < -0.3 is 20.9 Å². The first-order valence-corrected chi connectivity index (χ1v) is 8.64. The molecule has 3 N–H and O–H groups in total. The maximum Gasteiger partial charge on any atom is 0.243 e. The first kappa shape index (κ1) is 20.2. The van der Waals surface area contributed by atoms with Gasteiger partial charge in [-0.15, -0.1) is 0 Å². The van der Waals surface area contributed by atoms with Crippen LogP contribution in [0, 0.1) is 0 Å². The van der Waals surface area contributed by atoms with Crippen LogP contribution in [0.1, 0.15) is 26.2 Å². The number of carbonyl (C=O) groups excluding carboxylic acids is 2. The molecule has 0 aromatic rings. The Labute approximate surface area is 145 Å². The normalized spacial score (nSPS) is 16.6. The van der Waals surface area contributed by atoms with Gasteiger partial charge in [-0.05, 0) is 19.3 Å². The van der Waals surface area contributed by atoms with Crippen LogP contribution in [0.25, 0.3) is 0 Å². The minimum atomic E-state index is -0.0204. The molecule has 0 radical (unpaired) electrons. The number of likely N-dealkylation sites (N-methyl/N-ethyl adjacent to an activating group) is 2. The summed E-state index contributed by atoms with van der Waals surface area (Å²) in [5.41, 5.74) is 0. The Kier molecular flexibility index (Phi) is 9.14. The van der Waals surface area contributed by atoms with Gasteiger partial charge in [0.15, 0.2) is 5.96 Å². The zero-order valence-corrected chi connectivity index (χ0v) is 15.4. The molecule has 24 heavy (non-hydrogen) atoms. The van der Waals surface area contributed by atoms with E-state index in [4.69, 9.17) is 0 Å². The molecular formula is C16H32N6O2. The minimum absolute atomic E-state index is 0.0204. The summed E-state index contributed by atoms with van der Waals surface area (Å²) in [5.74, 6) is 0.722. The van der Waals surface area contributed by atoms with Gasteiger partial charge in [-0.2, -0.15) is 0 Å². The fraction of sp³-hybridized carbons (Fsp3) is 0.812. The fourth-order valence-corrected chi connectivity index (χ4v) is 2.39. The SMILES string of the molecule is CCCNC(=NCC(=O)N(C)C)NC1CCN(CC(=O)NC)CC1. The van der Waals surface area contributed by atoms with E-state index < -0.39 is 0 Å². The van der Waals surface area contributed by atoms with Gasteiger partial charge in [-0.25, -0.2) is 4.99 Å². The van der Waals surface area contributed by atoms with Gasteiger partial charge in [0.1, 0.15) is 6.54 Å². The highest BCUT2D eigenvalue weighted by atomic mass is 16.2. The van der Waals surface area contributed by atoms with Crippen LogP contribution in [-0.2, 0) is 9.59 Å². The Balaban J connectivity index is 2.48. The molecule has 1 aliphatic rings. The van der Waals surface area contributed by atoms with E-state index in [1.807, 2.05) is 0 Å². The molecule has 0 spiro atoms. The van der Waals surface area contributed by atoms with Crippen LogP contribution in [0.3, 0.4) is 0 Å². The summed E-state index contributed by atoms with van der Waals surface area (Å²) in [4.78, 5) is 31.2. The fourth-order valence-electron chi connectivity index (χ4n) is 2.39. The lowest BCUT2D eigenvalue weighted by molar-refractivity contribution is -0.127. The number of carbonyl (C=O) groups is 2. The predicted octanol–water partition coefficient (Wildman–Crippen LogP) is -0.770. The second-order valence-electron chi connectivity index (χ2n) is 6.25. The Bertz CT molecular complexity index is 430. The molecular weight excluding hydrogens is 308 g/mol. The molecule has 1 saturated heterocycles. The Morgan fingerprint density at radius 2 is 1.92 bits per heavy atom. The third-order valence-corrected chi connectivity index (χ3v) is 3.99. The summed E-state index contributed by atoms with van der Waals surface area (Å²) in [6.45, 7) is 5.26. The number of hydrogen-bond donors (Lipinski definition) is 3. The van der Waals surface area contributed by atoms with Crippen LogP contribution in [0.5, 0.6) is 0 Å². The van der Waals surface area contributed by atoms with Crippen LogP contribution in [0.2, 0.25) is 0 Å². The molecule has 0 aromatic carbocycles. The Morgan fingerprint density at radius 1 is 1.25 bits per heavy atom. The van der Waals surface area contributed by atoms with Crippen molar-refractivity contribution in [1.29, 1.82) is 0 Å². The van der Waals surface area contributed by atoms with Gasteiger partial charge in [0.05, 0.1) is 6.54 Å². The van der Waals surface area contributed by atoms with Crippen molar-refractivity contribution in [2.45, 2.75) is 32.2 Å². The summed E-state index contributed by atoms with van der Waals surface area (Å²) in [7, 11) is 5.12. The third-order valence-electron chi connectivity index (χ3n) is 3.99. The van der Waals surface area contributed by atoms with Gasteiger partial charge in [-0.3, -0.25) is 14.5 Å². The van der Waals surface area contributed by atoms with E-state index >= 15 is 0 Å². The number of aliphatic imine (C=N–C) groups is 1. The van der Waals surface area contributed by atoms with Crippen molar-refractivity contribution >= 4 is 17.8 Å². The molecule has 2 amide bonds. The van der Waals surface area contributed by atoms with Gasteiger partial charge in [0, 0.05) is 46.8 Å². The summed E-state index contributed by atoms with van der Waals surface area (Å²) in [6.07, 6.45) is 2.89. The van der Waals surface area contributed by atoms with Crippen LogP contribution >= 0.6 is 0 Å². The quantitative estimate of drug-likeness (QED) is 0.418. The zero-order valence-electron chi connectivity index (χ0n) is 15.4. The van der Waals surface area contributed by atoms with Crippen molar-refractivity contribution in [3.8, 4) is 0 Å². The second kappa shape index (κ2) is 10.9. The molecule has 1 rings (SSSR count). The number of amides is 2. The van der Waals surface area contributed by atoms with Crippen molar-refractivity contribution in [1.82, 2.24) is 25.8 Å². The molecule has 0 aliphatic carbocycles. The summed E-state index contributed by atoms with van der Waals surface area (Å²) in [5, 5.41) is 9.32. The third kappa shape index (κ3) is 7.63. The number of guanidine groups is 1. The molecule has 138 valence electrons. The molecule has 8 nitrogen and oxygen atoms in total. The number of hydrogen-bond acceptors (Lipinski definition) is 4. The maximum absolute atomic E-state index is 11.7. The lowest BCUT2D eigenvalue weighted by Crippen LogP contribution is -2.50. The summed E-state index contributed by atoms with van der Waals surface area (Å²) >= 11 is 0. The molecule has 0 atom stereocenters. The highest BCUT2D eigenvalue weighted by Gasteiger charge is 2.21. The van der Waals surface area contributed by atoms with Gasteiger partial charge in [0.25, 0.3) is 0 Å². The van der Waals surface area contributed by atoms with E-state index in [9.17, 15) is 9.59 Å². The zero-order chi connectivity index (χ0) is 17.9. The molecule has 1 fully saturated rings. The van der Waals surface area contributed by atoms with Crippen molar-refractivity contribution < 1.29 is 9.59 Å². The average molecular weight is 340 g/mol. The lowest BCUT2D eigenvalue weighted by Gasteiger charge is -2.32. The van der Waals surface area contributed by atoms with E-state index in [1.54, 1.807) is 21.1 Å². The number of piperidine rings is 1. The van der Waals surface area contributed by atoms with Crippen LogP contribution in [0.4, 0.5) is 0 Å². The van der Waals surface area contributed by atoms with Crippen LogP contribution in [0.15, 0.2) is 4.99 Å². The Hall–Kier alpha value is -1.83. The van der Waals surface area contributed by atoms with Crippen molar-refractivity contribution in [2.24, 2.45) is 4.99 Å². The number of nitrogens with one attached hydrogen (secondary N) is 3. The highest BCUT2D eigenvalue weighted by molar-refractivity contribution is 5.85. The van der Waals surface area contributed by atoms with E-state index in [0.717, 1.165) is 38.9 Å². The van der Waals surface area contributed by atoms with E-state index in [-0.39, 0.29) is 18.4 Å². The standard InChI is InChI=1S/C16H32N6O2/c1-5-8-18-16(19-11-15(24)21(3)4)20-13-6-9-22(10-7-13)12-14(23)17-2/h13H,5-12H2,1-4H3,(H,17,23)(H2,18,19,20). The lowest BCUT2D eigenvalue weighted by atomic mass is 10.1. The van der Waals surface area contributed by atoms with Crippen molar-refractivity contribution in [2.75, 3.05) is 53.9 Å². The van der Waals surface area contributed by atoms with Gasteiger partial charge in [0.2, 0.25) is 11.8 Å². The minimum Gasteiger partial charge on any atom is -0.358 e. The molecule has 1 aliphatic heterocycles. The molecule has 0 unspecified atom stereocenters. The maximum atomic E-state index is 11.7. The first-order chi connectivity index (χ1) is 11.5. The molecule has 0 bridgehead atoms. The second-order valence-corrected chi connectivity index (χ2v) is 6.25. The summed E-state index contributed by atoms with van der Waals surface area (Å²) < 4.78 is 0. The summed E-state index contributed by atoms with van der Waals surface area (Å²) in [6, 6.07) is 0.309. The monoisotopic (exact) mass is 340 g/mol. The molecule has 0 aromatic heterocycles. The Morgan fingerprint density at radius 3 is 2.46 bits per heavy atom. The van der Waals surface area contributed by atoms with Gasteiger partial charge in [-0.1, -0.05) is 6.92 Å². The van der Waals surface area contributed by atoms with Crippen LogP contribution < -0.4 is 16.0 Å². The van der Waals surface area contributed by atoms with Crippen LogP contribution in [-0.4, -0.2) is 87.5 Å². The molecule has 1 heterocycles.